The lowest BCUT2D eigenvalue weighted by Gasteiger charge is -2.57. The van der Waals surface area contributed by atoms with E-state index in [0.29, 0.717) is 29.0 Å². The van der Waals surface area contributed by atoms with Crippen LogP contribution in [0.5, 0.6) is 0 Å². The third-order valence-electron chi connectivity index (χ3n) is 7.18. The number of allylic oxidation sites excluding steroid dienone is 3. The van der Waals surface area contributed by atoms with Crippen molar-refractivity contribution in [3.05, 3.63) is 23.8 Å². The maximum atomic E-state index is 11.9. The molecule has 3 aliphatic carbocycles. The fourth-order valence-corrected chi connectivity index (χ4v) is 5.88. The summed E-state index contributed by atoms with van der Waals surface area (Å²) in [4.78, 5) is 11.9. The molecule has 0 amide bonds. The van der Waals surface area contributed by atoms with E-state index in [0.717, 1.165) is 32.5 Å². The first-order valence-corrected chi connectivity index (χ1v) is 8.45. The topological polar surface area (TPSA) is 26.3 Å². The molecule has 1 aliphatic heterocycles. The van der Waals surface area contributed by atoms with Gasteiger partial charge in [-0.25, -0.2) is 0 Å². The molecule has 4 rings (SSSR count). The first kappa shape index (κ1) is 13.8. The summed E-state index contributed by atoms with van der Waals surface area (Å²) in [5.74, 6) is 2.40. The van der Waals surface area contributed by atoms with Gasteiger partial charge in [0.15, 0.2) is 5.78 Å². The van der Waals surface area contributed by atoms with Crippen LogP contribution in [0.2, 0.25) is 0 Å². The summed E-state index contributed by atoms with van der Waals surface area (Å²) in [6.45, 7) is 11.0. The summed E-state index contributed by atoms with van der Waals surface area (Å²) >= 11 is 0. The molecule has 0 aromatic rings. The van der Waals surface area contributed by atoms with Gasteiger partial charge in [-0.1, -0.05) is 26.0 Å². The zero-order valence-electron chi connectivity index (χ0n) is 13.3. The van der Waals surface area contributed by atoms with E-state index in [1.807, 2.05) is 6.08 Å². The smallest absolute Gasteiger partial charge is 0.156 e. The van der Waals surface area contributed by atoms with Gasteiger partial charge in [-0.15, -0.1) is 0 Å². The molecule has 0 spiro atoms. The Labute approximate surface area is 127 Å². The van der Waals surface area contributed by atoms with Gasteiger partial charge in [0.2, 0.25) is 0 Å². The van der Waals surface area contributed by atoms with E-state index < -0.39 is 0 Å². The van der Waals surface area contributed by atoms with Gasteiger partial charge in [0, 0.05) is 6.42 Å². The number of carbonyl (C=O) groups is 1. The van der Waals surface area contributed by atoms with Crippen molar-refractivity contribution in [2.24, 2.45) is 28.6 Å². The zero-order valence-corrected chi connectivity index (χ0v) is 13.3. The monoisotopic (exact) mass is 286 g/mol. The number of ketones is 1. The van der Waals surface area contributed by atoms with Gasteiger partial charge < -0.3 is 4.74 Å². The number of hydrogen-bond acceptors (Lipinski definition) is 2. The van der Waals surface area contributed by atoms with Crippen molar-refractivity contribution in [2.75, 3.05) is 13.2 Å². The van der Waals surface area contributed by atoms with Crippen LogP contribution >= 0.6 is 0 Å². The maximum Gasteiger partial charge on any atom is 0.156 e. The largest absolute Gasteiger partial charge is 0.381 e. The van der Waals surface area contributed by atoms with Gasteiger partial charge >= 0.3 is 0 Å². The summed E-state index contributed by atoms with van der Waals surface area (Å²) in [5.41, 5.74) is 3.06. The number of hydrogen-bond donors (Lipinski definition) is 0. The molecule has 5 atom stereocenters. The second kappa shape index (κ2) is 4.32. The van der Waals surface area contributed by atoms with Gasteiger partial charge in [-0.05, 0) is 65.9 Å². The van der Waals surface area contributed by atoms with Crippen molar-refractivity contribution >= 4 is 5.78 Å². The van der Waals surface area contributed by atoms with E-state index in [2.05, 4.69) is 20.4 Å². The van der Waals surface area contributed by atoms with Crippen molar-refractivity contribution < 1.29 is 9.53 Å². The Morgan fingerprint density at radius 3 is 2.90 bits per heavy atom. The molecular weight excluding hydrogens is 260 g/mol. The quantitative estimate of drug-likeness (QED) is 0.674. The van der Waals surface area contributed by atoms with Crippen molar-refractivity contribution in [3.8, 4) is 0 Å². The fraction of sp³-hybridized carbons (Fsp3) is 0.737. The highest BCUT2D eigenvalue weighted by Crippen LogP contribution is 2.63. The van der Waals surface area contributed by atoms with E-state index >= 15 is 0 Å². The van der Waals surface area contributed by atoms with Crippen LogP contribution in [-0.2, 0) is 9.53 Å². The lowest BCUT2D eigenvalue weighted by atomic mass is 9.47. The average molecular weight is 286 g/mol. The van der Waals surface area contributed by atoms with Gasteiger partial charge in [-0.2, -0.15) is 0 Å². The molecule has 0 aromatic heterocycles. The Kier molecular flexibility index (Phi) is 2.83. The van der Waals surface area contributed by atoms with Crippen LogP contribution in [0.3, 0.4) is 0 Å². The fourth-order valence-electron chi connectivity index (χ4n) is 5.88. The Morgan fingerprint density at radius 1 is 1.29 bits per heavy atom. The summed E-state index contributed by atoms with van der Waals surface area (Å²) < 4.78 is 5.87. The van der Waals surface area contributed by atoms with Gasteiger partial charge in [0.05, 0.1) is 13.2 Å². The summed E-state index contributed by atoms with van der Waals surface area (Å²) in [5, 5.41) is 0. The van der Waals surface area contributed by atoms with Gasteiger partial charge in [0.1, 0.15) is 0 Å². The van der Waals surface area contributed by atoms with Crippen molar-refractivity contribution in [1.29, 1.82) is 0 Å². The van der Waals surface area contributed by atoms with E-state index in [9.17, 15) is 4.79 Å². The molecule has 0 N–H and O–H groups in total. The number of fused-ring (bicyclic) bond motifs is 5. The molecule has 0 aromatic carbocycles. The van der Waals surface area contributed by atoms with Crippen LogP contribution in [0.25, 0.3) is 0 Å². The van der Waals surface area contributed by atoms with E-state index in [-0.39, 0.29) is 5.41 Å². The lowest BCUT2D eigenvalue weighted by Crippen LogP contribution is -2.50. The molecule has 21 heavy (non-hydrogen) atoms. The minimum atomic E-state index is 0.178. The predicted molar refractivity (Wildman–Crippen MR) is 82.8 cm³/mol. The molecule has 0 bridgehead atoms. The van der Waals surface area contributed by atoms with Crippen LogP contribution in [0.1, 0.15) is 46.0 Å². The Hall–Kier alpha value is -0.890. The highest BCUT2D eigenvalue weighted by Gasteiger charge is 2.57. The molecule has 4 aliphatic rings. The Balaban J connectivity index is 1.75. The van der Waals surface area contributed by atoms with Gasteiger partial charge in [0.25, 0.3) is 0 Å². The minimum absolute atomic E-state index is 0.178. The standard InChI is InChI=1S/C19H26O2/c1-12-8-14-15(5-6-18(2)11-21-10-17(14)18)19(3)7-4-13(20)9-16(12)19/h9,14-15,17H,1,4-8,10-11H2,2-3H3/t14-,15-,17+,18-,19-/m1/s1. The van der Waals surface area contributed by atoms with Gasteiger partial charge in [-0.3, -0.25) is 4.79 Å². The molecule has 2 heteroatoms. The third kappa shape index (κ3) is 1.78. The maximum absolute atomic E-state index is 11.9. The number of carbonyl (C=O) groups excluding carboxylic acids is 1. The van der Waals surface area contributed by atoms with Crippen molar-refractivity contribution in [2.45, 2.75) is 46.0 Å². The normalized spacial score (nSPS) is 49.2. The molecule has 1 heterocycles. The van der Waals surface area contributed by atoms with Crippen molar-refractivity contribution in [3.63, 3.8) is 0 Å². The third-order valence-corrected chi connectivity index (χ3v) is 7.18. The predicted octanol–water partition coefficient (Wildman–Crippen LogP) is 3.92. The van der Waals surface area contributed by atoms with Crippen LogP contribution in [0, 0.1) is 28.6 Å². The number of rotatable bonds is 0. The Bertz CT molecular complexity index is 546. The highest BCUT2D eigenvalue weighted by atomic mass is 16.5. The highest BCUT2D eigenvalue weighted by molar-refractivity contribution is 5.92. The molecule has 114 valence electrons. The number of ether oxygens (including phenoxy) is 1. The SMILES string of the molecule is C=C1C[C@@H]2[C@@H](CC[C@]3(C)COC[C@@H]23)[C@@]2(C)CCC(=O)C=C12. The molecule has 3 fully saturated rings. The van der Waals surface area contributed by atoms with Crippen LogP contribution in [0.15, 0.2) is 23.8 Å². The summed E-state index contributed by atoms with van der Waals surface area (Å²) in [6, 6.07) is 0. The zero-order chi connectivity index (χ0) is 14.8. The van der Waals surface area contributed by atoms with Crippen LogP contribution < -0.4 is 0 Å². The van der Waals surface area contributed by atoms with Crippen LogP contribution in [-0.4, -0.2) is 19.0 Å². The van der Waals surface area contributed by atoms with Crippen LogP contribution in [0.4, 0.5) is 0 Å². The molecular formula is C19H26O2. The molecule has 2 nitrogen and oxygen atoms in total. The van der Waals surface area contributed by atoms with E-state index in [1.165, 1.54) is 24.0 Å². The molecule has 2 saturated carbocycles. The lowest BCUT2D eigenvalue weighted by molar-refractivity contribution is -0.116. The van der Waals surface area contributed by atoms with Crippen molar-refractivity contribution in [1.82, 2.24) is 0 Å². The van der Waals surface area contributed by atoms with E-state index in [4.69, 9.17) is 4.74 Å². The molecule has 0 radical (unpaired) electrons. The van der Waals surface area contributed by atoms with E-state index in [1.54, 1.807) is 0 Å². The minimum Gasteiger partial charge on any atom is -0.381 e. The first-order valence-electron chi connectivity index (χ1n) is 8.45. The Morgan fingerprint density at radius 2 is 2.10 bits per heavy atom. The summed E-state index contributed by atoms with van der Waals surface area (Å²) in [7, 11) is 0. The summed E-state index contributed by atoms with van der Waals surface area (Å²) in [6.07, 6.45) is 7.29. The second-order valence-corrected chi connectivity index (χ2v) is 8.33. The molecule has 1 saturated heterocycles. The first-order chi connectivity index (χ1) is 9.94. The molecule has 0 unspecified atom stereocenters. The second-order valence-electron chi connectivity index (χ2n) is 8.33. The average Bonchev–Trinajstić information content (AvgIpc) is 2.83.